The predicted octanol–water partition coefficient (Wildman–Crippen LogP) is 3.15. The number of carbonyl (C=O) groups excluding carboxylic acids is 1. The Labute approximate surface area is 185 Å². The number of H-pyrrole nitrogens is 1. The number of hydrogen-bond acceptors (Lipinski definition) is 5. The van der Waals surface area contributed by atoms with Crippen LogP contribution < -0.4 is 10.9 Å². The van der Waals surface area contributed by atoms with Crippen LogP contribution in [-0.2, 0) is 17.8 Å². The van der Waals surface area contributed by atoms with E-state index < -0.39 is 0 Å². The van der Waals surface area contributed by atoms with Crippen LogP contribution in [0, 0.1) is 19.8 Å². The average Bonchev–Trinajstić information content (AvgIpc) is 3.29. The Bertz CT molecular complexity index is 1330. The van der Waals surface area contributed by atoms with E-state index in [4.69, 9.17) is 0 Å². The molecule has 3 heterocycles. The molecule has 32 heavy (non-hydrogen) atoms. The molecule has 0 atom stereocenters. The monoisotopic (exact) mass is 433 g/mol. The number of anilines is 1. The van der Waals surface area contributed by atoms with Crippen LogP contribution in [-0.4, -0.2) is 35.4 Å². The lowest BCUT2D eigenvalue weighted by Crippen LogP contribution is -2.15. The van der Waals surface area contributed by atoms with Crippen molar-refractivity contribution in [2.45, 2.75) is 47.1 Å². The second-order valence-corrected chi connectivity index (χ2v) is 8.32. The third-order valence-corrected chi connectivity index (χ3v) is 5.45. The highest BCUT2D eigenvalue weighted by Crippen LogP contribution is 2.23. The topological polar surface area (TPSA) is 110 Å². The van der Waals surface area contributed by atoms with Crippen LogP contribution in [0.25, 0.3) is 16.7 Å². The van der Waals surface area contributed by atoms with Gasteiger partial charge >= 0.3 is 0 Å². The van der Waals surface area contributed by atoms with Crippen molar-refractivity contribution in [2.75, 3.05) is 5.32 Å². The van der Waals surface area contributed by atoms with Crippen molar-refractivity contribution in [1.29, 1.82) is 0 Å². The highest BCUT2D eigenvalue weighted by Gasteiger charge is 2.16. The van der Waals surface area contributed by atoms with E-state index in [9.17, 15) is 9.59 Å². The predicted molar refractivity (Wildman–Crippen MR) is 123 cm³/mol. The molecule has 2 N–H and O–H groups in total. The number of fused-ring (bicyclic) bond motifs is 1. The van der Waals surface area contributed by atoms with Gasteiger partial charge in [-0.05, 0) is 43.9 Å². The number of para-hydroxylation sites is 2. The Morgan fingerprint density at radius 1 is 1.22 bits per heavy atom. The molecule has 9 heteroatoms. The molecule has 4 aromatic rings. The second kappa shape index (κ2) is 8.78. The lowest BCUT2D eigenvalue weighted by molar-refractivity contribution is -0.116. The minimum Gasteiger partial charge on any atom is -0.324 e. The summed E-state index contributed by atoms with van der Waals surface area (Å²) in [7, 11) is 0. The minimum atomic E-state index is -0.258. The first-order chi connectivity index (χ1) is 15.3. The van der Waals surface area contributed by atoms with Crippen molar-refractivity contribution < 1.29 is 4.79 Å². The Morgan fingerprint density at radius 2 is 2.00 bits per heavy atom. The maximum atomic E-state index is 12.8. The summed E-state index contributed by atoms with van der Waals surface area (Å²) in [5, 5.41) is 12.3. The summed E-state index contributed by atoms with van der Waals surface area (Å²) in [5.74, 6) is 0.402. The van der Waals surface area contributed by atoms with E-state index in [2.05, 4.69) is 46.3 Å². The highest BCUT2D eigenvalue weighted by atomic mass is 16.1. The molecule has 0 saturated heterocycles. The zero-order valence-electron chi connectivity index (χ0n) is 18.7. The molecule has 4 rings (SSSR count). The summed E-state index contributed by atoms with van der Waals surface area (Å²) >= 11 is 0. The third kappa shape index (κ3) is 4.18. The van der Waals surface area contributed by atoms with Gasteiger partial charge in [-0.3, -0.25) is 14.3 Å². The maximum Gasteiger partial charge on any atom is 0.261 e. The van der Waals surface area contributed by atoms with Crippen molar-refractivity contribution in [1.82, 2.24) is 29.5 Å². The maximum absolute atomic E-state index is 12.8. The molecular weight excluding hydrogens is 406 g/mol. The molecule has 166 valence electrons. The fraction of sp³-hybridized carbons (Fsp3) is 0.348. The Balaban J connectivity index is 1.52. The largest absolute Gasteiger partial charge is 0.324 e. The van der Waals surface area contributed by atoms with Gasteiger partial charge in [0.2, 0.25) is 5.91 Å². The normalized spacial score (nSPS) is 11.4. The van der Waals surface area contributed by atoms with Crippen molar-refractivity contribution in [3.63, 3.8) is 0 Å². The zero-order chi connectivity index (χ0) is 22.8. The SMILES string of the molecule is Cc1nn(CC(C)C)c(C)c1CCC(=O)Nc1ccccc1-n1ncc2c(=O)[nH]cnc21. The summed E-state index contributed by atoms with van der Waals surface area (Å²) < 4.78 is 3.59. The molecule has 0 spiro atoms. The number of nitrogens with one attached hydrogen (secondary N) is 2. The molecule has 0 fully saturated rings. The smallest absolute Gasteiger partial charge is 0.261 e. The summed E-state index contributed by atoms with van der Waals surface area (Å²) in [6.07, 6.45) is 3.76. The van der Waals surface area contributed by atoms with E-state index in [-0.39, 0.29) is 11.5 Å². The molecule has 9 nitrogen and oxygen atoms in total. The quantitative estimate of drug-likeness (QED) is 0.465. The van der Waals surface area contributed by atoms with Gasteiger partial charge in [0.05, 0.1) is 29.6 Å². The van der Waals surface area contributed by atoms with Crippen LogP contribution in [0.15, 0.2) is 41.6 Å². The first-order valence-electron chi connectivity index (χ1n) is 10.7. The Morgan fingerprint density at radius 3 is 2.78 bits per heavy atom. The van der Waals surface area contributed by atoms with Crippen molar-refractivity contribution in [3.05, 3.63) is 64.1 Å². The van der Waals surface area contributed by atoms with Crippen LogP contribution in [0.1, 0.15) is 37.2 Å². The standard InChI is InChI=1S/C23H27N7O2/c1-14(2)12-29-16(4)17(15(3)28-29)9-10-21(31)27-19-7-5-6-8-20(19)30-22-18(11-26-30)23(32)25-13-24-22/h5-8,11,13-14H,9-10,12H2,1-4H3,(H,27,31)(H,24,25,32). The van der Waals surface area contributed by atoms with E-state index in [0.29, 0.717) is 41.2 Å². The minimum absolute atomic E-state index is 0.102. The lowest BCUT2D eigenvalue weighted by atomic mass is 10.1. The first-order valence-corrected chi connectivity index (χ1v) is 10.7. The van der Waals surface area contributed by atoms with Gasteiger partial charge in [0.1, 0.15) is 5.39 Å². The molecule has 0 aliphatic rings. The fourth-order valence-electron chi connectivity index (χ4n) is 3.87. The van der Waals surface area contributed by atoms with Gasteiger partial charge in [-0.1, -0.05) is 26.0 Å². The number of aromatic amines is 1. The van der Waals surface area contributed by atoms with Gasteiger partial charge in [0.15, 0.2) is 5.65 Å². The van der Waals surface area contributed by atoms with E-state index in [1.807, 2.05) is 35.9 Å². The van der Waals surface area contributed by atoms with E-state index in [0.717, 1.165) is 23.5 Å². The molecule has 3 aromatic heterocycles. The van der Waals surface area contributed by atoms with Gasteiger partial charge in [0, 0.05) is 18.7 Å². The summed E-state index contributed by atoms with van der Waals surface area (Å²) in [6, 6.07) is 7.33. The third-order valence-electron chi connectivity index (χ3n) is 5.45. The molecule has 0 unspecified atom stereocenters. The number of aromatic nitrogens is 6. The number of benzene rings is 1. The number of rotatable bonds is 7. The van der Waals surface area contributed by atoms with Crippen LogP contribution in [0.2, 0.25) is 0 Å². The van der Waals surface area contributed by atoms with Crippen LogP contribution >= 0.6 is 0 Å². The number of aryl methyl sites for hydroxylation is 1. The number of carbonyl (C=O) groups is 1. The number of nitrogens with zero attached hydrogens (tertiary/aromatic N) is 5. The van der Waals surface area contributed by atoms with Crippen LogP contribution in [0.4, 0.5) is 5.69 Å². The molecule has 0 aliphatic heterocycles. The molecular formula is C23H27N7O2. The first kappa shape index (κ1) is 21.5. The van der Waals surface area contributed by atoms with Crippen LogP contribution in [0.3, 0.4) is 0 Å². The molecule has 0 aliphatic carbocycles. The van der Waals surface area contributed by atoms with Gasteiger partial charge in [-0.25, -0.2) is 9.67 Å². The van der Waals surface area contributed by atoms with E-state index >= 15 is 0 Å². The average molecular weight is 434 g/mol. The number of amides is 1. The van der Waals surface area contributed by atoms with Crippen LogP contribution in [0.5, 0.6) is 0 Å². The van der Waals surface area contributed by atoms with E-state index in [1.165, 1.54) is 12.5 Å². The summed E-state index contributed by atoms with van der Waals surface area (Å²) in [5.41, 5.74) is 4.63. The van der Waals surface area contributed by atoms with Gasteiger partial charge < -0.3 is 10.3 Å². The molecule has 0 bridgehead atoms. The van der Waals surface area contributed by atoms with Crippen molar-refractivity contribution >= 4 is 22.6 Å². The fourth-order valence-corrected chi connectivity index (χ4v) is 3.87. The van der Waals surface area contributed by atoms with Gasteiger partial charge in [-0.2, -0.15) is 10.2 Å². The van der Waals surface area contributed by atoms with Gasteiger partial charge in [-0.15, -0.1) is 0 Å². The molecule has 0 radical (unpaired) electrons. The summed E-state index contributed by atoms with van der Waals surface area (Å²) in [4.78, 5) is 31.6. The lowest BCUT2D eigenvalue weighted by Gasteiger charge is -2.12. The highest BCUT2D eigenvalue weighted by molar-refractivity contribution is 5.93. The van der Waals surface area contributed by atoms with Gasteiger partial charge in [0.25, 0.3) is 5.56 Å². The Hall–Kier alpha value is -3.75. The molecule has 0 saturated carbocycles. The van der Waals surface area contributed by atoms with E-state index in [1.54, 1.807) is 4.68 Å². The molecule has 1 amide bonds. The molecule has 1 aromatic carbocycles. The number of hydrogen-bond donors (Lipinski definition) is 2. The van der Waals surface area contributed by atoms with Crippen molar-refractivity contribution in [2.24, 2.45) is 5.92 Å². The summed E-state index contributed by atoms with van der Waals surface area (Å²) in [6.45, 7) is 9.23. The Kier molecular flexibility index (Phi) is 5.89. The zero-order valence-corrected chi connectivity index (χ0v) is 18.7. The second-order valence-electron chi connectivity index (χ2n) is 8.32. The van der Waals surface area contributed by atoms with Crippen molar-refractivity contribution in [3.8, 4) is 5.69 Å².